The van der Waals surface area contributed by atoms with Crippen molar-refractivity contribution in [1.29, 1.82) is 0 Å². The highest BCUT2D eigenvalue weighted by Crippen LogP contribution is 2.19. The van der Waals surface area contributed by atoms with Gasteiger partial charge in [0, 0.05) is 64.5 Å². The topological polar surface area (TPSA) is 265 Å². The summed E-state index contributed by atoms with van der Waals surface area (Å²) in [4.78, 5) is 64.7. The molecule has 2 saturated heterocycles. The summed E-state index contributed by atoms with van der Waals surface area (Å²) < 4.78 is 4.81. The molecule has 0 aromatic carbocycles. The monoisotopic (exact) mass is 763 g/mol. The Hall–Kier alpha value is -5.53. The van der Waals surface area contributed by atoms with E-state index in [4.69, 9.17) is 15.3 Å². The molecule has 0 unspecified atom stereocenters. The van der Waals surface area contributed by atoms with Gasteiger partial charge < -0.3 is 46.4 Å². The van der Waals surface area contributed by atoms with E-state index in [-0.39, 0.29) is 68.3 Å². The van der Waals surface area contributed by atoms with Crippen LogP contribution in [0.25, 0.3) is 0 Å². The fourth-order valence-corrected chi connectivity index (χ4v) is 5.27. The summed E-state index contributed by atoms with van der Waals surface area (Å²) in [5.41, 5.74) is 7.44. The number of hydrogen-bond acceptors (Lipinski definition) is 14. The summed E-state index contributed by atoms with van der Waals surface area (Å²) >= 11 is 0. The molecule has 3 aromatic heterocycles. The number of nitrogens with two attached hydrogens (primary N) is 1. The molecule has 2 aliphatic heterocycles. The molecular weight excluding hydrogens is 706 g/mol. The molecule has 21 heteroatoms. The van der Waals surface area contributed by atoms with E-state index in [1.54, 1.807) is 20.3 Å². The number of hydrogen-bond donors (Lipinski definition) is 3. The number of amides is 2. The maximum Gasteiger partial charge on any atom is 0.390 e. The number of carbonyl (C=O) groups excluding carboxylic acids is 4. The molecule has 2 amide bonds. The molecule has 54 heavy (non-hydrogen) atoms. The van der Waals surface area contributed by atoms with E-state index in [9.17, 15) is 29.8 Å². The van der Waals surface area contributed by atoms with Gasteiger partial charge in [-0.2, -0.15) is 24.1 Å². The van der Waals surface area contributed by atoms with Crippen LogP contribution in [0.3, 0.4) is 0 Å². The molecule has 0 atom stereocenters. The average molecular weight is 764 g/mol. The lowest BCUT2D eigenvalue weighted by molar-refractivity contribution is -0.390. The summed E-state index contributed by atoms with van der Waals surface area (Å²) in [7, 11) is 0. The third-order valence-electron chi connectivity index (χ3n) is 7.73. The Labute approximate surface area is 315 Å². The molecule has 0 aliphatic carbocycles. The van der Waals surface area contributed by atoms with Crippen molar-refractivity contribution in [2.24, 2.45) is 0 Å². The maximum atomic E-state index is 12.4. The van der Waals surface area contributed by atoms with E-state index in [0.29, 0.717) is 24.6 Å². The number of nitro groups is 2. The zero-order chi connectivity index (χ0) is 39.1. The quantitative estimate of drug-likeness (QED) is 0.220. The van der Waals surface area contributed by atoms with Crippen LogP contribution in [0.4, 0.5) is 17.5 Å². The highest BCUT2D eigenvalue weighted by atomic mass is 16.6. The normalized spacial score (nSPS) is 13.5. The molecule has 0 saturated carbocycles. The lowest BCUT2D eigenvalue weighted by atomic mass is 10.3. The minimum absolute atomic E-state index is 0. The maximum absolute atomic E-state index is 12.4. The summed E-state index contributed by atoms with van der Waals surface area (Å²) in [6.07, 6.45) is 1.01. The van der Waals surface area contributed by atoms with Crippen LogP contribution in [-0.2, 0) is 16.0 Å². The zero-order valence-corrected chi connectivity index (χ0v) is 30.6. The number of rotatable bonds is 8. The molecule has 3 aromatic rings. The van der Waals surface area contributed by atoms with Crippen molar-refractivity contribution >= 4 is 35.4 Å². The molecule has 0 bridgehead atoms. The van der Waals surface area contributed by atoms with Crippen LogP contribution in [0, 0.1) is 20.2 Å². The SMILES string of the molecule is C.C.CC(C)n1nc(N)cc1C(=O)N1CCNCC1.CC(C)n1nc([N+](=O)[O-])cc1C(=O)N1CCNCC1.CCc1cc([N+](=O)[O-])nn1C(C)C.O=C=O. The lowest BCUT2D eigenvalue weighted by Gasteiger charge is -2.27. The minimum atomic E-state index is -0.576. The van der Waals surface area contributed by atoms with Gasteiger partial charge in [-0.25, -0.2) is 0 Å². The van der Waals surface area contributed by atoms with E-state index >= 15 is 0 Å². The van der Waals surface area contributed by atoms with Gasteiger partial charge >= 0.3 is 17.8 Å². The molecule has 4 N–H and O–H groups in total. The Morgan fingerprint density at radius 2 is 1.07 bits per heavy atom. The van der Waals surface area contributed by atoms with E-state index in [0.717, 1.165) is 51.4 Å². The summed E-state index contributed by atoms with van der Waals surface area (Å²) in [6, 6.07) is 4.64. The van der Waals surface area contributed by atoms with Gasteiger partial charge in [0.05, 0.1) is 40.1 Å². The number of anilines is 1. The van der Waals surface area contributed by atoms with Gasteiger partial charge in [0.15, 0.2) is 5.69 Å². The van der Waals surface area contributed by atoms with E-state index < -0.39 is 9.85 Å². The average Bonchev–Trinajstić information content (AvgIpc) is 3.87. The van der Waals surface area contributed by atoms with Crippen molar-refractivity contribution in [3.05, 3.63) is 55.5 Å². The first-order valence-corrected chi connectivity index (χ1v) is 16.9. The lowest BCUT2D eigenvalue weighted by Crippen LogP contribution is -2.47. The Morgan fingerprint density at radius 3 is 1.43 bits per heavy atom. The molecule has 0 radical (unpaired) electrons. The van der Waals surface area contributed by atoms with E-state index in [1.807, 2.05) is 53.4 Å². The smallest absolute Gasteiger partial charge is 0.382 e. The number of nitrogens with one attached hydrogen (secondary N) is 2. The van der Waals surface area contributed by atoms with Crippen LogP contribution < -0.4 is 16.4 Å². The van der Waals surface area contributed by atoms with Crippen molar-refractivity contribution in [3.63, 3.8) is 0 Å². The molecular formula is C33H57N13O8. The largest absolute Gasteiger partial charge is 0.390 e. The van der Waals surface area contributed by atoms with Crippen molar-refractivity contribution in [2.45, 2.75) is 87.9 Å². The summed E-state index contributed by atoms with van der Waals surface area (Å²) in [5.74, 6) is -0.130. The number of carbonyl (C=O) groups is 2. The van der Waals surface area contributed by atoms with Crippen LogP contribution in [0.15, 0.2) is 18.2 Å². The van der Waals surface area contributed by atoms with Gasteiger partial charge in [-0.15, -0.1) is 0 Å². The van der Waals surface area contributed by atoms with Crippen molar-refractivity contribution < 1.29 is 29.0 Å². The first-order valence-electron chi connectivity index (χ1n) is 16.9. The highest BCUT2D eigenvalue weighted by molar-refractivity contribution is 5.94. The van der Waals surface area contributed by atoms with E-state index in [1.165, 1.54) is 16.8 Å². The zero-order valence-electron chi connectivity index (χ0n) is 30.6. The summed E-state index contributed by atoms with van der Waals surface area (Å²) in [6.45, 7) is 19.4. The molecule has 5 heterocycles. The predicted octanol–water partition coefficient (Wildman–Crippen LogP) is 3.13. The highest BCUT2D eigenvalue weighted by Gasteiger charge is 2.29. The van der Waals surface area contributed by atoms with Gasteiger partial charge in [-0.05, 0) is 57.8 Å². The van der Waals surface area contributed by atoms with Gasteiger partial charge in [0.2, 0.25) is 0 Å². The minimum Gasteiger partial charge on any atom is -0.382 e. The second kappa shape index (κ2) is 23.2. The molecule has 2 aliphatic rings. The molecule has 21 nitrogen and oxygen atoms in total. The molecule has 2 fully saturated rings. The number of aryl methyl sites for hydroxylation is 1. The van der Waals surface area contributed by atoms with Gasteiger partial charge in [0.1, 0.15) is 11.5 Å². The molecule has 0 spiro atoms. The third kappa shape index (κ3) is 13.5. The third-order valence-corrected chi connectivity index (χ3v) is 7.73. The van der Waals surface area contributed by atoms with Crippen LogP contribution in [0.2, 0.25) is 0 Å². The molecule has 302 valence electrons. The van der Waals surface area contributed by atoms with Crippen LogP contribution >= 0.6 is 0 Å². The Kier molecular flexibility index (Phi) is 20.8. The Morgan fingerprint density at radius 1 is 0.722 bits per heavy atom. The Bertz CT molecular complexity index is 1680. The number of piperazine rings is 2. The predicted molar refractivity (Wildman–Crippen MR) is 201 cm³/mol. The van der Waals surface area contributed by atoms with E-state index in [2.05, 4.69) is 25.9 Å². The van der Waals surface area contributed by atoms with Crippen LogP contribution in [0.1, 0.15) is 108 Å². The van der Waals surface area contributed by atoms with Gasteiger partial charge in [-0.3, -0.25) is 14.3 Å². The Balaban J connectivity index is 0.000000750. The van der Waals surface area contributed by atoms with Crippen LogP contribution in [-0.4, -0.2) is 119 Å². The van der Waals surface area contributed by atoms with Crippen LogP contribution in [0.5, 0.6) is 0 Å². The number of aromatic nitrogens is 6. The number of nitrogens with zero attached hydrogens (tertiary/aromatic N) is 10. The standard InChI is InChI=1S/C11H17N5O3.C11H19N5O.C8H13N3O2.CO2.2CH4/c1-8(2)15-9(7-10(13-15)16(18)19)11(17)14-5-3-12-4-6-14;1-8(2)16-9(7-10(12)14-16)11(17)15-5-3-13-4-6-15;1-4-7-5-8(11(12)13)9-10(7)6(2)3;2-1-3;;/h7-8,12H,3-6H2,1-2H3;7-8,13H,3-6H2,1-2H3,(H2,12,14);5-6H,4H2,1-3H3;;2*1H4. The van der Waals surface area contributed by atoms with Crippen molar-refractivity contribution in [1.82, 2.24) is 49.8 Å². The summed E-state index contributed by atoms with van der Waals surface area (Å²) in [5, 5.41) is 39.5. The fourth-order valence-electron chi connectivity index (χ4n) is 5.27. The first kappa shape index (κ1) is 48.5. The van der Waals surface area contributed by atoms with Gasteiger partial charge in [-0.1, -0.05) is 21.8 Å². The van der Waals surface area contributed by atoms with Crippen molar-refractivity contribution in [3.8, 4) is 0 Å². The number of nitrogen functional groups attached to an aromatic ring is 1. The van der Waals surface area contributed by atoms with Gasteiger partial charge in [0.25, 0.3) is 11.8 Å². The molecule has 5 rings (SSSR count). The second-order valence-corrected chi connectivity index (χ2v) is 12.5. The second-order valence-electron chi connectivity index (χ2n) is 12.5. The fraction of sp³-hybridized carbons (Fsp3) is 0.636. The van der Waals surface area contributed by atoms with Crippen molar-refractivity contribution in [2.75, 3.05) is 58.1 Å². The first-order chi connectivity index (χ1) is 24.6.